The summed E-state index contributed by atoms with van der Waals surface area (Å²) in [6.07, 6.45) is 0. The second-order valence-corrected chi connectivity index (χ2v) is 5.20. The van der Waals surface area contributed by atoms with Gasteiger partial charge in [-0.05, 0) is 36.2 Å². The van der Waals surface area contributed by atoms with Crippen molar-refractivity contribution in [3.63, 3.8) is 0 Å². The molecule has 3 nitrogen and oxygen atoms in total. The molecule has 3 aromatic rings. The number of hydrogen-bond acceptors (Lipinski definition) is 2. The molecule has 100 valence electrons. The van der Waals surface area contributed by atoms with Crippen molar-refractivity contribution in [1.82, 2.24) is 14.8 Å². The lowest BCUT2D eigenvalue weighted by atomic mass is 10.1. The molecule has 20 heavy (non-hydrogen) atoms. The molecule has 0 aliphatic heterocycles. The van der Waals surface area contributed by atoms with E-state index in [0.29, 0.717) is 16.1 Å². The maximum atomic E-state index is 6.20. The molecule has 0 aliphatic rings. The van der Waals surface area contributed by atoms with Crippen LogP contribution in [0.2, 0.25) is 10.3 Å². The van der Waals surface area contributed by atoms with Crippen molar-refractivity contribution in [1.29, 1.82) is 0 Å². The highest BCUT2D eigenvalue weighted by Gasteiger charge is 2.15. The van der Waals surface area contributed by atoms with Gasteiger partial charge in [0.25, 0.3) is 0 Å². The molecule has 3 rings (SSSR count). The fourth-order valence-corrected chi connectivity index (χ4v) is 2.45. The van der Waals surface area contributed by atoms with Crippen LogP contribution in [0, 0.1) is 6.92 Å². The minimum Gasteiger partial charge on any atom is -0.265 e. The van der Waals surface area contributed by atoms with Crippen LogP contribution in [0.4, 0.5) is 0 Å². The third kappa shape index (κ3) is 2.30. The fourth-order valence-electron chi connectivity index (χ4n) is 2.08. The predicted octanol–water partition coefficient (Wildman–Crippen LogP) is 4.55. The van der Waals surface area contributed by atoms with Crippen molar-refractivity contribution >= 4 is 23.2 Å². The molecule has 2 aromatic carbocycles. The highest BCUT2D eigenvalue weighted by Crippen LogP contribution is 2.28. The van der Waals surface area contributed by atoms with E-state index in [1.165, 1.54) is 0 Å². The van der Waals surface area contributed by atoms with Crippen molar-refractivity contribution < 1.29 is 0 Å². The minimum atomic E-state index is 0.314. The summed E-state index contributed by atoms with van der Waals surface area (Å²) in [6, 6.07) is 15.5. The topological polar surface area (TPSA) is 30.7 Å². The molecule has 5 heteroatoms. The molecule has 0 spiro atoms. The lowest BCUT2D eigenvalue weighted by Crippen LogP contribution is -2.00. The average Bonchev–Trinajstić information content (AvgIpc) is 2.84. The van der Waals surface area contributed by atoms with Crippen LogP contribution >= 0.6 is 23.2 Å². The highest BCUT2D eigenvalue weighted by molar-refractivity contribution is 6.31. The van der Waals surface area contributed by atoms with Gasteiger partial charge in [0.2, 0.25) is 5.28 Å². The number of aromatic nitrogens is 3. The summed E-state index contributed by atoms with van der Waals surface area (Å²) in [5, 5.41) is 9.11. The summed E-state index contributed by atoms with van der Waals surface area (Å²) < 4.78 is 1.80. The molecule has 0 saturated heterocycles. The van der Waals surface area contributed by atoms with Gasteiger partial charge in [0.15, 0.2) is 5.82 Å². The lowest BCUT2D eigenvalue weighted by molar-refractivity contribution is 1.05. The third-order valence-corrected chi connectivity index (χ3v) is 3.55. The van der Waals surface area contributed by atoms with Crippen LogP contribution in [-0.4, -0.2) is 14.8 Å². The monoisotopic (exact) mass is 303 g/mol. The van der Waals surface area contributed by atoms with Crippen molar-refractivity contribution in [2.75, 3.05) is 0 Å². The minimum absolute atomic E-state index is 0.314. The largest absolute Gasteiger partial charge is 0.265 e. The molecular weight excluding hydrogens is 293 g/mol. The van der Waals surface area contributed by atoms with Gasteiger partial charge in [0, 0.05) is 10.6 Å². The molecule has 0 radical (unpaired) electrons. The summed E-state index contributed by atoms with van der Waals surface area (Å²) in [7, 11) is 0. The van der Waals surface area contributed by atoms with E-state index in [0.717, 1.165) is 16.8 Å². The van der Waals surface area contributed by atoms with Crippen LogP contribution in [0.3, 0.4) is 0 Å². The molecule has 0 amide bonds. The summed E-state index contributed by atoms with van der Waals surface area (Å²) in [6.45, 7) is 2.00. The standard InChI is InChI=1S/C15H11Cl2N3/c1-10-7-8-12(16)9-13(10)20-14(18-19-15(20)17)11-5-3-2-4-6-11/h2-9H,1H3. The number of nitrogens with zero attached hydrogens (tertiary/aromatic N) is 3. The van der Waals surface area contributed by atoms with E-state index < -0.39 is 0 Å². The van der Waals surface area contributed by atoms with Gasteiger partial charge >= 0.3 is 0 Å². The predicted molar refractivity (Wildman–Crippen MR) is 81.6 cm³/mol. The SMILES string of the molecule is Cc1ccc(Cl)cc1-n1c(Cl)nnc1-c1ccccc1. The maximum absolute atomic E-state index is 6.20. The number of benzene rings is 2. The summed E-state index contributed by atoms with van der Waals surface area (Å²) >= 11 is 12.3. The first kappa shape index (κ1) is 13.2. The molecule has 0 bridgehead atoms. The van der Waals surface area contributed by atoms with Gasteiger partial charge < -0.3 is 0 Å². The quantitative estimate of drug-likeness (QED) is 0.695. The van der Waals surface area contributed by atoms with Crippen LogP contribution in [0.25, 0.3) is 17.1 Å². The first-order valence-corrected chi connectivity index (χ1v) is 6.85. The van der Waals surface area contributed by atoms with E-state index in [2.05, 4.69) is 10.2 Å². The second kappa shape index (κ2) is 5.27. The van der Waals surface area contributed by atoms with E-state index >= 15 is 0 Å². The molecule has 0 unspecified atom stereocenters. The zero-order valence-electron chi connectivity index (χ0n) is 10.7. The van der Waals surface area contributed by atoms with Gasteiger partial charge in [0.1, 0.15) is 0 Å². The van der Waals surface area contributed by atoms with E-state index in [1.807, 2.05) is 55.5 Å². The Bertz CT molecular complexity index is 751. The molecule has 1 heterocycles. The molecule has 0 fully saturated rings. The zero-order valence-corrected chi connectivity index (χ0v) is 12.2. The van der Waals surface area contributed by atoms with Gasteiger partial charge in [-0.3, -0.25) is 4.57 Å². The summed E-state index contributed by atoms with van der Waals surface area (Å²) in [5.41, 5.74) is 2.88. The fraction of sp³-hybridized carbons (Fsp3) is 0.0667. The van der Waals surface area contributed by atoms with Crippen molar-refractivity contribution in [3.8, 4) is 17.1 Å². The average molecular weight is 304 g/mol. The van der Waals surface area contributed by atoms with Crippen LogP contribution in [0.1, 0.15) is 5.56 Å². The van der Waals surface area contributed by atoms with E-state index in [9.17, 15) is 0 Å². The first-order chi connectivity index (χ1) is 9.66. The van der Waals surface area contributed by atoms with Crippen LogP contribution < -0.4 is 0 Å². The smallest absolute Gasteiger partial charge is 0.229 e. The van der Waals surface area contributed by atoms with Gasteiger partial charge in [0.05, 0.1) is 5.69 Å². The third-order valence-electron chi connectivity index (χ3n) is 3.07. The van der Waals surface area contributed by atoms with Gasteiger partial charge in [-0.1, -0.05) is 48.0 Å². The number of halogens is 2. The van der Waals surface area contributed by atoms with Crippen molar-refractivity contribution in [2.24, 2.45) is 0 Å². The molecule has 0 atom stereocenters. The molecule has 0 N–H and O–H groups in total. The van der Waals surface area contributed by atoms with E-state index in [4.69, 9.17) is 23.2 Å². The van der Waals surface area contributed by atoms with E-state index in [1.54, 1.807) is 4.57 Å². The van der Waals surface area contributed by atoms with Crippen molar-refractivity contribution in [3.05, 3.63) is 64.4 Å². The Kier molecular flexibility index (Phi) is 3.47. The zero-order chi connectivity index (χ0) is 14.1. The molecule has 1 aromatic heterocycles. The number of aryl methyl sites for hydroxylation is 1. The highest BCUT2D eigenvalue weighted by atomic mass is 35.5. The van der Waals surface area contributed by atoms with Gasteiger partial charge in [-0.15, -0.1) is 10.2 Å². The van der Waals surface area contributed by atoms with Crippen LogP contribution in [0.15, 0.2) is 48.5 Å². The Morgan fingerprint density at radius 2 is 1.70 bits per heavy atom. The lowest BCUT2D eigenvalue weighted by Gasteiger charge is -2.11. The van der Waals surface area contributed by atoms with Crippen LogP contribution in [-0.2, 0) is 0 Å². The number of hydrogen-bond donors (Lipinski definition) is 0. The molecular formula is C15H11Cl2N3. The summed E-state index contributed by atoms with van der Waals surface area (Å²) in [4.78, 5) is 0. The van der Waals surface area contributed by atoms with Crippen LogP contribution in [0.5, 0.6) is 0 Å². The Morgan fingerprint density at radius 3 is 2.45 bits per heavy atom. The van der Waals surface area contributed by atoms with Crippen molar-refractivity contribution in [2.45, 2.75) is 6.92 Å². The maximum Gasteiger partial charge on any atom is 0.229 e. The second-order valence-electron chi connectivity index (χ2n) is 4.42. The van der Waals surface area contributed by atoms with Gasteiger partial charge in [-0.2, -0.15) is 0 Å². The Balaban J connectivity index is 2.24. The molecule has 0 aliphatic carbocycles. The normalized spacial score (nSPS) is 10.8. The molecule has 0 saturated carbocycles. The van der Waals surface area contributed by atoms with E-state index in [-0.39, 0.29) is 0 Å². The number of rotatable bonds is 2. The first-order valence-electron chi connectivity index (χ1n) is 6.09. The Labute approximate surface area is 126 Å². The Morgan fingerprint density at radius 1 is 0.950 bits per heavy atom. The van der Waals surface area contributed by atoms with Gasteiger partial charge in [-0.25, -0.2) is 0 Å². The summed E-state index contributed by atoms with van der Waals surface area (Å²) in [5.74, 6) is 0.695. The Hall–Kier alpha value is -1.84.